The van der Waals surface area contributed by atoms with Crippen molar-refractivity contribution < 1.29 is 23.8 Å². The lowest BCUT2D eigenvalue weighted by Crippen LogP contribution is -2.35. The average molecular weight is 417 g/mol. The molecule has 3 heterocycles. The fourth-order valence-electron chi connectivity index (χ4n) is 3.54. The number of fused-ring (bicyclic) bond motifs is 1. The van der Waals surface area contributed by atoms with E-state index in [9.17, 15) is 9.59 Å². The van der Waals surface area contributed by atoms with Crippen LogP contribution in [0.25, 0.3) is 0 Å². The number of rotatable bonds is 5. The van der Waals surface area contributed by atoms with Gasteiger partial charge in [0.05, 0.1) is 32.0 Å². The molecule has 2 amide bonds. The standard InChI is InChI=1S/C20H23N3O5S/c1-26-12-5-6-13(16(10-12)27-2)19(25)23-8-7-14-17(11-23)29-20(21-14)22-18(24)15-4-3-9-28-15/h5-6,10,15H,3-4,7-9,11H2,1-2H3,(H,21,22,24). The second-order valence-electron chi connectivity index (χ2n) is 6.92. The number of hydrogen-bond acceptors (Lipinski definition) is 7. The molecule has 2 aliphatic rings. The highest BCUT2D eigenvalue weighted by Gasteiger charge is 2.28. The van der Waals surface area contributed by atoms with Crippen LogP contribution in [0.4, 0.5) is 5.13 Å². The van der Waals surface area contributed by atoms with Crippen LogP contribution < -0.4 is 14.8 Å². The van der Waals surface area contributed by atoms with E-state index in [4.69, 9.17) is 14.2 Å². The smallest absolute Gasteiger partial charge is 0.257 e. The van der Waals surface area contributed by atoms with Crippen molar-refractivity contribution in [1.29, 1.82) is 0 Å². The molecule has 9 heteroatoms. The van der Waals surface area contributed by atoms with Gasteiger partial charge in [-0.1, -0.05) is 11.3 Å². The SMILES string of the molecule is COc1ccc(C(=O)N2CCc3nc(NC(=O)C4CCCO4)sc3C2)c(OC)c1. The molecule has 8 nitrogen and oxygen atoms in total. The third-order valence-electron chi connectivity index (χ3n) is 5.11. The van der Waals surface area contributed by atoms with Crippen molar-refractivity contribution in [2.24, 2.45) is 0 Å². The Morgan fingerprint density at radius 3 is 2.90 bits per heavy atom. The topological polar surface area (TPSA) is 90.0 Å². The molecular weight excluding hydrogens is 394 g/mol. The highest BCUT2D eigenvalue weighted by Crippen LogP contribution is 2.31. The first-order chi connectivity index (χ1) is 14.1. The maximum absolute atomic E-state index is 13.1. The molecule has 4 rings (SSSR count). The number of amides is 2. The van der Waals surface area contributed by atoms with E-state index in [1.165, 1.54) is 18.4 Å². The maximum Gasteiger partial charge on any atom is 0.257 e. The number of thiazole rings is 1. The van der Waals surface area contributed by atoms with Crippen molar-refractivity contribution in [2.45, 2.75) is 31.9 Å². The zero-order valence-corrected chi connectivity index (χ0v) is 17.2. The molecule has 2 aromatic rings. The van der Waals surface area contributed by atoms with E-state index in [0.717, 1.165) is 23.4 Å². The molecule has 0 saturated carbocycles. The van der Waals surface area contributed by atoms with Gasteiger partial charge in [0.25, 0.3) is 11.8 Å². The summed E-state index contributed by atoms with van der Waals surface area (Å²) in [4.78, 5) is 32.6. The molecule has 1 aromatic carbocycles. The van der Waals surface area contributed by atoms with Gasteiger partial charge < -0.3 is 19.1 Å². The zero-order chi connectivity index (χ0) is 20.4. The van der Waals surface area contributed by atoms with Crippen molar-refractivity contribution in [3.8, 4) is 11.5 Å². The first kappa shape index (κ1) is 19.7. The molecule has 2 aliphatic heterocycles. The average Bonchev–Trinajstić information content (AvgIpc) is 3.41. The van der Waals surface area contributed by atoms with E-state index in [-0.39, 0.29) is 11.8 Å². The van der Waals surface area contributed by atoms with Crippen molar-refractivity contribution in [1.82, 2.24) is 9.88 Å². The van der Waals surface area contributed by atoms with E-state index in [1.54, 1.807) is 30.2 Å². The summed E-state index contributed by atoms with van der Waals surface area (Å²) < 4.78 is 16.0. The van der Waals surface area contributed by atoms with Crippen LogP contribution in [-0.2, 0) is 22.5 Å². The molecule has 1 saturated heterocycles. The summed E-state index contributed by atoms with van der Waals surface area (Å²) in [6, 6.07) is 5.17. The van der Waals surface area contributed by atoms with Crippen LogP contribution >= 0.6 is 11.3 Å². The normalized spacial score (nSPS) is 18.3. The van der Waals surface area contributed by atoms with Gasteiger partial charge in [0.2, 0.25) is 0 Å². The van der Waals surface area contributed by atoms with Gasteiger partial charge in [-0.2, -0.15) is 0 Å². The van der Waals surface area contributed by atoms with Crippen LogP contribution in [0.15, 0.2) is 18.2 Å². The van der Waals surface area contributed by atoms with E-state index in [0.29, 0.717) is 48.3 Å². The second kappa shape index (κ2) is 8.38. The molecule has 0 aliphatic carbocycles. The lowest BCUT2D eigenvalue weighted by Gasteiger charge is -2.26. The largest absolute Gasteiger partial charge is 0.497 e. The minimum Gasteiger partial charge on any atom is -0.497 e. The summed E-state index contributed by atoms with van der Waals surface area (Å²) in [5.74, 6) is 0.861. The van der Waals surface area contributed by atoms with E-state index < -0.39 is 6.10 Å². The van der Waals surface area contributed by atoms with Gasteiger partial charge in [-0.3, -0.25) is 14.9 Å². The van der Waals surface area contributed by atoms with Gasteiger partial charge >= 0.3 is 0 Å². The van der Waals surface area contributed by atoms with E-state index in [1.807, 2.05) is 0 Å². The Bertz CT molecular complexity index is 923. The van der Waals surface area contributed by atoms with Gasteiger partial charge in [0.1, 0.15) is 17.6 Å². The fraction of sp³-hybridized carbons (Fsp3) is 0.450. The second-order valence-corrected chi connectivity index (χ2v) is 8.01. The van der Waals surface area contributed by atoms with Crippen LogP contribution in [0.5, 0.6) is 11.5 Å². The molecule has 1 atom stereocenters. The molecule has 1 N–H and O–H groups in total. The van der Waals surface area contributed by atoms with Crippen LogP contribution in [0.2, 0.25) is 0 Å². The molecule has 1 unspecified atom stereocenters. The Balaban J connectivity index is 1.46. The van der Waals surface area contributed by atoms with Crippen molar-refractivity contribution >= 4 is 28.3 Å². The molecule has 29 heavy (non-hydrogen) atoms. The molecular formula is C20H23N3O5S. The maximum atomic E-state index is 13.1. The first-order valence-corrected chi connectivity index (χ1v) is 10.3. The number of anilines is 1. The Morgan fingerprint density at radius 2 is 2.17 bits per heavy atom. The molecule has 1 fully saturated rings. The van der Waals surface area contributed by atoms with Crippen molar-refractivity contribution in [3.05, 3.63) is 34.3 Å². The van der Waals surface area contributed by atoms with Gasteiger partial charge in [-0.15, -0.1) is 0 Å². The summed E-state index contributed by atoms with van der Waals surface area (Å²) in [6.45, 7) is 1.64. The van der Waals surface area contributed by atoms with Crippen molar-refractivity contribution in [2.75, 3.05) is 32.7 Å². The van der Waals surface area contributed by atoms with Gasteiger partial charge in [0, 0.05) is 30.5 Å². The number of nitrogens with zero attached hydrogens (tertiary/aromatic N) is 2. The minimum atomic E-state index is -0.392. The number of benzene rings is 1. The molecule has 0 bridgehead atoms. The van der Waals surface area contributed by atoms with Gasteiger partial charge in [0.15, 0.2) is 5.13 Å². The third kappa shape index (κ3) is 4.06. The molecule has 0 spiro atoms. The molecule has 154 valence electrons. The summed E-state index contributed by atoms with van der Waals surface area (Å²) in [7, 11) is 3.10. The predicted octanol–water partition coefficient (Wildman–Crippen LogP) is 2.48. The Morgan fingerprint density at radius 1 is 1.31 bits per heavy atom. The lowest BCUT2D eigenvalue weighted by atomic mass is 10.1. The van der Waals surface area contributed by atoms with Crippen LogP contribution in [-0.4, -0.2) is 55.2 Å². The number of ether oxygens (including phenoxy) is 3. The van der Waals surface area contributed by atoms with Crippen LogP contribution in [0.3, 0.4) is 0 Å². The highest BCUT2D eigenvalue weighted by atomic mass is 32.1. The van der Waals surface area contributed by atoms with Crippen LogP contribution in [0, 0.1) is 0 Å². The Hall–Kier alpha value is -2.65. The molecule has 0 radical (unpaired) electrons. The number of methoxy groups -OCH3 is 2. The quantitative estimate of drug-likeness (QED) is 0.804. The van der Waals surface area contributed by atoms with Crippen LogP contribution in [0.1, 0.15) is 33.8 Å². The number of carbonyl (C=O) groups is 2. The summed E-state index contributed by atoms with van der Waals surface area (Å²) in [6.07, 6.45) is 1.89. The fourth-order valence-corrected chi connectivity index (χ4v) is 4.56. The lowest BCUT2D eigenvalue weighted by molar-refractivity contribution is -0.124. The summed E-state index contributed by atoms with van der Waals surface area (Å²) in [5.41, 5.74) is 1.43. The zero-order valence-electron chi connectivity index (χ0n) is 16.4. The molecule has 1 aromatic heterocycles. The summed E-state index contributed by atoms with van der Waals surface area (Å²) >= 11 is 1.41. The first-order valence-electron chi connectivity index (χ1n) is 9.51. The van der Waals surface area contributed by atoms with Crippen molar-refractivity contribution in [3.63, 3.8) is 0 Å². The van der Waals surface area contributed by atoms with E-state index >= 15 is 0 Å². The Labute approximate surface area is 172 Å². The summed E-state index contributed by atoms with van der Waals surface area (Å²) in [5, 5.41) is 3.42. The number of hydrogen-bond donors (Lipinski definition) is 1. The van der Waals surface area contributed by atoms with Gasteiger partial charge in [-0.25, -0.2) is 4.98 Å². The minimum absolute atomic E-state index is 0.103. The highest BCUT2D eigenvalue weighted by molar-refractivity contribution is 7.15. The predicted molar refractivity (Wildman–Crippen MR) is 108 cm³/mol. The Kier molecular flexibility index (Phi) is 5.68. The third-order valence-corrected chi connectivity index (χ3v) is 6.11. The number of nitrogens with one attached hydrogen (secondary N) is 1. The van der Waals surface area contributed by atoms with Gasteiger partial charge in [-0.05, 0) is 25.0 Å². The number of aromatic nitrogens is 1. The number of carbonyl (C=O) groups excluding carboxylic acids is 2. The monoisotopic (exact) mass is 417 g/mol. The van der Waals surface area contributed by atoms with E-state index in [2.05, 4.69) is 10.3 Å².